The van der Waals surface area contributed by atoms with Crippen LogP contribution in [0.1, 0.15) is 124 Å². The summed E-state index contributed by atoms with van der Waals surface area (Å²) in [6.45, 7) is 4.98. The van der Waals surface area contributed by atoms with E-state index in [-0.39, 0.29) is 18.8 Å². The normalized spacial score (nSPS) is 11.8. The topological polar surface area (TPSA) is 175 Å². The molecule has 0 aliphatic carbocycles. The van der Waals surface area contributed by atoms with E-state index in [2.05, 4.69) is 23.8 Å². The molecular weight excluding hydrogens is 508 g/mol. The van der Waals surface area contributed by atoms with E-state index in [0.717, 1.165) is 12.8 Å². The average molecular weight is 561 g/mol. The summed E-state index contributed by atoms with van der Waals surface area (Å²) in [7, 11) is 1.46. The number of carboxylic acids is 4. The van der Waals surface area contributed by atoms with Crippen molar-refractivity contribution in [1.82, 2.24) is 0 Å². The molecule has 2 atom stereocenters. The minimum Gasteiger partial charge on any atom is -0.481 e. The van der Waals surface area contributed by atoms with Gasteiger partial charge < -0.3 is 25.2 Å². The first-order chi connectivity index (χ1) is 18.4. The third-order valence-corrected chi connectivity index (χ3v) is 5.68. The highest BCUT2D eigenvalue weighted by Crippen LogP contribution is 2.10. The number of carboxylic acid groups (broad SMARTS) is 4. The molecule has 0 aliphatic rings. The summed E-state index contributed by atoms with van der Waals surface area (Å²) in [4.78, 5) is 50.6. The molecule has 0 aliphatic heterocycles. The molecule has 0 heterocycles. The number of ether oxygens (including phenoxy) is 1. The van der Waals surface area contributed by atoms with E-state index in [1.54, 1.807) is 0 Å². The van der Waals surface area contributed by atoms with Gasteiger partial charge in [0.2, 0.25) is 0 Å². The number of aliphatic carboxylic acids is 4. The van der Waals surface area contributed by atoms with Crippen molar-refractivity contribution in [2.24, 2.45) is 11.8 Å². The van der Waals surface area contributed by atoms with Gasteiger partial charge in [-0.05, 0) is 32.1 Å². The minimum absolute atomic E-state index is 0.0763. The van der Waals surface area contributed by atoms with Crippen LogP contribution in [0.3, 0.4) is 0 Å². The van der Waals surface area contributed by atoms with Crippen molar-refractivity contribution in [1.29, 1.82) is 0 Å². The molecule has 0 fully saturated rings. The molecule has 39 heavy (non-hydrogen) atoms. The molecule has 0 aromatic heterocycles. The van der Waals surface area contributed by atoms with Gasteiger partial charge in [-0.25, -0.2) is 0 Å². The molecule has 228 valence electrons. The summed E-state index contributed by atoms with van der Waals surface area (Å²) in [5.74, 6) is -5.96. The second kappa shape index (κ2) is 29.6. The van der Waals surface area contributed by atoms with Crippen molar-refractivity contribution >= 4 is 29.8 Å². The maximum atomic E-state index is 10.9. The summed E-state index contributed by atoms with van der Waals surface area (Å²) in [6, 6.07) is 0. The Bertz CT molecular complexity index is 656. The predicted octanol–water partition coefficient (Wildman–Crippen LogP) is 6.56. The maximum absolute atomic E-state index is 10.9. The molecule has 0 aromatic rings. The van der Waals surface area contributed by atoms with Crippen LogP contribution in [-0.4, -0.2) is 57.4 Å². The third-order valence-electron chi connectivity index (χ3n) is 5.68. The van der Waals surface area contributed by atoms with Gasteiger partial charge in [0.05, 0.1) is 31.8 Å². The largest absolute Gasteiger partial charge is 0.481 e. The van der Waals surface area contributed by atoms with Gasteiger partial charge in [-0.15, -0.1) is 0 Å². The van der Waals surface area contributed by atoms with Crippen molar-refractivity contribution in [3.63, 3.8) is 0 Å². The van der Waals surface area contributed by atoms with Crippen LogP contribution in [0, 0.1) is 11.8 Å². The Morgan fingerprint density at radius 2 is 0.974 bits per heavy atom. The summed E-state index contributed by atoms with van der Waals surface area (Å²) in [5.41, 5.74) is 0. The molecule has 0 rings (SSSR count). The fourth-order valence-corrected chi connectivity index (χ4v) is 3.14. The van der Waals surface area contributed by atoms with Gasteiger partial charge in [-0.3, -0.25) is 24.0 Å². The summed E-state index contributed by atoms with van der Waals surface area (Å²) in [6.07, 6.45) is 21.4. The summed E-state index contributed by atoms with van der Waals surface area (Å²) < 4.78 is 4.62. The summed E-state index contributed by atoms with van der Waals surface area (Å²) in [5, 5.41) is 32.5. The van der Waals surface area contributed by atoms with Gasteiger partial charge in [-0.2, -0.15) is 0 Å². The zero-order chi connectivity index (χ0) is 30.5. The van der Waals surface area contributed by atoms with Crippen LogP contribution in [0.4, 0.5) is 0 Å². The Morgan fingerprint density at radius 1 is 0.615 bits per heavy atom. The van der Waals surface area contributed by atoms with Gasteiger partial charge in [0.15, 0.2) is 0 Å². The first-order valence-electron chi connectivity index (χ1n) is 14.0. The molecule has 10 heteroatoms. The lowest BCUT2D eigenvalue weighted by Crippen LogP contribution is -2.13. The number of carbonyl (C=O) groups excluding carboxylic acids is 1. The molecule has 2 unspecified atom stereocenters. The number of methoxy groups -OCH3 is 1. The predicted molar refractivity (Wildman–Crippen MR) is 150 cm³/mol. The van der Waals surface area contributed by atoms with Crippen LogP contribution in [0.2, 0.25) is 0 Å². The number of hydrogen-bond donors (Lipinski definition) is 4. The highest BCUT2D eigenvalue weighted by atomic mass is 16.5. The monoisotopic (exact) mass is 560 g/mol. The van der Waals surface area contributed by atoms with Crippen LogP contribution in [0.15, 0.2) is 12.2 Å². The van der Waals surface area contributed by atoms with Gasteiger partial charge in [0.1, 0.15) is 0 Å². The van der Waals surface area contributed by atoms with E-state index in [1.165, 1.54) is 91.6 Å². The lowest BCUT2D eigenvalue weighted by atomic mass is 10.1. The minimum atomic E-state index is -1.08. The van der Waals surface area contributed by atoms with Crippen molar-refractivity contribution < 1.29 is 49.1 Å². The zero-order valence-corrected chi connectivity index (χ0v) is 24.4. The zero-order valence-electron chi connectivity index (χ0n) is 24.4. The molecule has 10 nitrogen and oxygen atoms in total. The fraction of sp³-hybridized carbons (Fsp3) is 0.759. The van der Waals surface area contributed by atoms with Crippen molar-refractivity contribution in [3.05, 3.63) is 12.2 Å². The third kappa shape index (κ3) is 37.3. The SMILES string of the molecule is CC(CC(=O)O)C(=O)O.CC(CC(=O)O)C(=O)O.CCCCCCCC/C=C\CCCCCCCC(=O)OC. The highest BCUT2D eigenvalue weighted by Gasteiger charge is 2.14. The molecule has 0 saturated heterocycles. The Morgan fingerprint density at radius 3 is 1.28 bits per heavy atom. The van der Waals surface area contributed by atoms with Crippen LogP contribution >= 0.6 is 0 Å². The second-order valence-electron chi connectivity index (χ2n) is 9.58. The Balaban J connectivity index is -0.000000592. The van der Waals surface area contributed by atoms with Crippen LogP contribution in [-0.2, 0) is 28.7 Å². The van der Waals surface area contributed by atoms with E-state index in [1.807, 2.05) is 0 Å². The molecule has 0 saturated carbocycles. The smallest absolute Gasteiger partial charge is 0.306 e. The Hall–Kier alpha value is -2.91. The lowest BCUT2D eigenvalue weighted by molar-refractivity contribution is -0.147. The maximum Gasteiger partial charge on any atom is 0.306 e. The van der Waals surface area contributed by atoms with Crippen LogP contribution < -0.4 is 0 Å². The molecule has 0 amide bonds. The Labute approximate surface area is 233 Å². The van der Waals surface area contributed by atoms with Gasteiger partial charge >= 0.3 is 29.8 Å². The standard InChI is InChI=1S/C19H36O2.2C5H8O4/c1-3-4-5-6-7-8-9-10-11-12-13-14-15-16-17-18-19(20)21-2;2*1-3(5(8)9)2-4(6)7/h10-11H,3-9,12-18H2,1-2H3;2*3H,2H2,1H3,(H,6,7)(H,8,9)/b11-10-;;. The van der Waals surface area contributed by atoms with Crippen LogP contribution in [0.5, 0.6) is 0 Å². The molecule has 0 bridgehead atoms. The van der Waals surface area contributed by atoms with Gasteiger partial charge in [0, 0.05) is 6.42 Å². The molecule has 0 spiro atoms. The van der Waals surface area contributed by atoms with Crippen LogP contribution in [0.25, 0.3) is 0 Å². The number of allylic oxidation sites excluding steroid dienone is 2. The quantitative estimate of drug-likeness (QED) is 0.0683. The first kappa shape index (κ1) is 40.6. The molecular formula is C29H52O10. The lowest BCUT2D eigenvalue weighted by Gasteiger charge is -2.00. The fourth-order valence-electron chi connectivity index (χ4n) is 3.14. The van der Waals surface area contributed by atoms with Gasteiger partial charge in [-0.1, -0.05) is 84.3 Å². The van der Waals surface area contributed by atoms with E-state index >= 15 is 0 Å². The van der Waals surface area contributed by atoms with Crippen molar-refractivity contribution in [2.75, 3.05) is 7.11 Å². The van der Waals surface area contributed by atoms with E-state index < -0.39 is 35.7 Å². The second-order valence-corrected chi connectivity index (χ2v) is 9.58. The number of unbranched alkanes of at least 4 members (excludes halogenated alkanes) is 11. The van der Waals surface area contributed by atoms with E-state index in [0.29, 0.717) is 6.42 Å². The number of esters is 1. The van der Waals surface area contributed by atoms with Crippen molar-refractivity contribution in [2.45, 2.75) is 124 Å². The van der Waals surface area contributed by atoms with E-state index in [4.69, 9.17) is 20.4 Å². The number of rotatable bonds is 21. The molecule has 0 aromatic carbocycles. The molecule has 4 N–H and O–H groups in total. The molecule has 0 radical (unpaired) electrons. The Kier molecular flexibility index (Phi) is 30.8. The van der Waals surface area contributed by atoms with Gasteiger partial charge in [0.25, 0.3) is 0 Å². The van der Waals surface area contributed by atoms with Crippen molar-refractivity contribution in [3.8, 4) is 0 Å². The number of hydrogen-bond acceptors (Lipinski definition) is 6. The number of carbonyl (C=O) groups is 5. The van der Waals surface area contributed by atoms with E-state index in [9.17, 15) is 24.0 Å². The highest BCUT2D eigenvalue weighted by molar-refractivity contribution is 5.77. The average Bonchev–Trinajstić information content (AvgIpc) is 2.86. The first-order valence-corrected chi connectivity index (χ1v) is 14.0. The summed E-state index contributed by atoms with van der Waals surface area (Å²) >= 11 is 0.